The van der Waals surface area contributed by atoms with Crippen molar-refractivity contribution in [3.63, 3.8) is 0 Å². The SMILES string of the molecule is CC[C@H](C(N)=O)c1nc(-c2ccc(O)cc2O)cs1. The predicted octanol–water partition coefficient (Wildman–Crippen LogP) is 2.20. The molecule has 0 aliphatic carbocycles. The van der Waals surface area contributed by atoms with Crippen LogP contribution in [0.25, 0.3) is 11.3 Å². The summed E-state index contributed by atoms with van der Waals surface area (Å²) in [6.07, 6.45) is 0.587. The zero-order valence-corrected chi connectivity index (χ0v) is 11.1. The van der Waals surface area contributed by atoms with Crippen molar-refractivity contribution < 1.29 is 15.0 Å². The molecule has 5 nitrogen and oxygen atoms in total. The lowest BCUT2D eigenvalue weighted by Gasteiger charge is -2.06. The number of aromatic hydroxyl groups is 2. The number of hydrogen-bond donors (Lipinski definition) is 3. The largest absolute Gasteiger partial charge is 0.508 e. The molecular weight excluding hydrogens is 264 g/mol. The number of carbonyl (C=O) groups is 1. The molecule has 1 aromatic heterocycles. The van der Waals surface area contributed by atoms with Crippen molar-refractivity contribution >= 4 is 17.2 Å². The summed E-state index contributed by atoms with van der Waals surface area (Å²) in [5.41, 5.74) is 6.40. The van der Waals surface area contributed by atoms with Crippen LogP contribution in [0.3, 0.4) is 0 Å². The van der Waals surface area contributed by atoms with Gasteiger partial charge in [-0.2, -0.15) is 0 Å². The maximum Gasteiger partial charge on any atom is 0.227 e. The molecule has 19 heavy (non-hydrogen) atoms. The summed E-state index contributed by atoms with van der Waals surface area (Å²) in [7, 11) is 0. The van der Waals surface area contributed by atoms with Crippen molar-refractivity contribution in [3.8, 4) is 22.8 Å². The number of primary amides is 1. The van der Waals surface area contributed by atoms with Gasteiger partial charge in [0.15, 0.2) is 0 Å². The van der Waals surface area contributed by atoms with E-state index in [0.717, 1.165) is 0 Å². The Labute approximate surface area is 114 Å². The fourth-order valence-corrected chi connectivity index (χ4v) is 2.82. The first-order valence-electron chi connectivity index (χ1n) is 5.80. The van der Waals surface area contributed by atoms with E-state index in [1.165, 1.54) is 23.5 Å². The van der Waals surface area contributed by atoms with Gasteiger partial charge in [0.25, 0.3) is 0 Å². The lowest BCUT2D eigenvalue weighted by molar-refractivity contribution is -0.119. The maximum absolute atomic E-state index is 11.3. The van der Waals surface area contributed by atoms with Crippen LogP contribution in [-0.2, 0) is 4.79 Å². The number of phenolic OH excluding ortho intramolecular Hbond substituents is 2. The number of phenols is 2. The van der Waals surface area contributed by atoms with E-state index in [-0.39, 0.29) is 11.5 Å². The number of nitrogens with two attached hydrogens (primary N) is 1. The summed E-state index contributed by atoms with van der Waals surface area (Å²) in [6.45, 7) is 1.87. The van der Waals surface area contributed by atoms with Crippen LogP contribution in [0.1, 0.15) is 24.3 Å². The highest BCUT2D eigenvalue weighted by molar-refractivity contribution is 7.10. The summed E-state index contributed by atoms with van der Waals surface area (Å²) in [5, 5.41) is 21.4. The molecule has 0 radical (unpaired) electrons. The Morgan fingerprint density at radius 1 is 1.47 bits per heavy atom. The van der Waals surface area contributed by atoms with Gasteiger partial charge in [0, 0.05) is 17.0 Å². The van der Waals surface area contributed by atoms with Gasteiger partial charge in [-0.15, -0.1) is 11.3 Å². The first kappa shape index (κ1) is 13.4. The second kappa shape index (κ2) is 5.27. The number of hydrogen-bond acceptors (Lipinski definition) is 5. The fraction of sp³-hybridized carbons (Fsp3) is 0.231. The number of nitrogens with zero attached hydrogens (tertiary/aromatic N) is 1. The van der Waals surface area contributed by atoms with Gasteiger partial charge in [-0.3, -0.25) is 4.79 Å². The van der Waals surface area contributed by atoms with E-state index in [9.17, 15) is 15.0 Å². The third-order valence-electron chi connectivity index (χ3n) is 2.83. The summed E-state index contributed by atoms with van der Waals surface area (Å²) in [6, 6.07) is 4.30. The third kappa shape index (κ3) is 2.68. The Kier molecular flexibility index (Phi) is 3.71. The molecule has 2 aromatic rings. The molecule has 100 valence electrons. The standard InChI is InChI=1S/C13H14N2O3S/c1-2-8(12(14)18)13-15-10(6-19-13)9-4-3-7(16)5-11(9)17/h3-6,8,16-17H,2H2,1H3,(H2,14,18)/t8-/m1/s1. The number of thiazole rings is 1. The van der Waals surface area contributed by atoms with Crippen molar-refractivity contribution in [2.45, 2.75) is 19.3 Å². The monoisotopic (exact) mass is 278 g/mol. The van der Waals surface area contributed by atoms with Crippen LogP contribution in [0.15, 0.2) is 23.6 Å². The van der Waals surface area contributed by atoms with Gasteiger partial charge in [-0.05, 0) is 18.6 Å². The lowest BCUT2D eigenvalue weighted by Crippen LogP contribution is -2.20. The molecule has 0 spiro atoms. The van der Waals surface area contributed by atoms with Crippen LogP contribution in [0.2, 0.25) is 0 Å². The van der Waals surface area contributed by atoms with Crippen molar-refractivity contribution in [2.24, 2.45) is 5.73 Å². The molecule has 2 rings (SSSR count). The van der Waals surface area contributed by atoms with Crippen LogP contribution in [0.5, 0.6) is 11.5 Å². The molecule has 0 fully saturated rings. The van der Waals surface area contributed by atoms with Gasteiger partial charge in [0.1, 0.15) is 16.5 Å². The Bertz CT molecular complexity index is 610. The van der Waals surface area contributed by atoms with Crippen LogP contribution >= 0.6 is 11.3 Å². The topological polar surface area (TPSA) is 96.4 Å². The minimum Gasteiger partial charge on any atom is -0.508 e. The molecule has 0 saturated carbocycles. The summed E-state index contributed by atoms with van der Waals surface area (Å²) in [4.78, 5) is 15.6. The molecule has 0 saturated heterocycles. The molecule has 1 heterocycles. The van der Waals surface area contributed by atoms with Crippen molar-refractivity contribution in [1.82, 2.24) is 4.98 Å². The quantitative estimate of drug-likeness (QED) is 0.798. The van der Waals surface area contributed by atoms with E-state index in [0.29, 0.717) is 22.7 Å². The molecule has 0 bridgehead atoms. The Morgan fingerprint density at radius 2 is 2.21 bits per heavy atom. The van der Waals surface area contributed by atoms with E-state index < -0.39 is 11.8 Å². The van der Waals surface area contributed by atoms with E-state index in [4.69, 9.17) is 5.73 Å². The number of benzene rings is 1. The smallest absolute Gasteiger partial charge is 0.227 e. The predicted molar refractivity (Wildman–Crippen MR) is 73.1 cm³/mol. The van der Waals surface area contributed by atoms with E-state index in [2.05, 4.69) is 4.98 Å². The average Bonchev–Trinajstić information content (AvgIpc) is 2.78. The second-order valence-electron chi connectivity index (χ2n) is 4.14. The highest BCUT2D eigenvalue weighted by Crippen LogP contribution is 2.34. The number of aromatic nitrogens is 1. The van der Waals surface area contributed by atoms with Crippen LogP contribution in [0.4, 0.5) is 0 Å². The molecule has 1 atom stereocenters. The molecule has 0 aliphatic rings. The summed E-state index contributed by atoms with van der Waals surface area (Å²) in [5.74, 6) is -0.874. The van der Waals surface area contributed by atoms with Crippen molar-refractivity contribution in [2.75, 3.05) is 0 Å². The Morgan fingerprint density at radius 3 is 2.79 bits per heavy atom. The molecule has 4 N–H and O–H groups in total. The Balaban J connectivity index is 2.38. The molecule has 1 aromatic carbocycles. The van der Waals surface area contributed by atoms with Gasteiger partial charge < -0.3 is 15.9 Å². The highest BCUT2D eigenvalue weighted by Gasteiger charge is 2.20. The van der Waals surface area contributed by atoms with Gasteiger partial charge in [-0.25, -0.2) is 4.98 Å². The van der Waals surface area contributed by atoms with Gasteiger partial charge in [0.2, 0.25) is 5.91 Å². The lowest BCUT2D eigenvalue weighted by atomic mass is 10.1. The molecule has 0 unspecified atom stereocenters. The van der Waals surface area contributed by atoms with Crippen LogP contribution in [-0.4, -0.2) is 21.1 Å². The third-order valence-corrected chi connectivity index (χ3v) is 3.79. The fourth-order valence-electron chi connectivity index (χ4n) is 1.81. The minimum atomic E-state index is -0.405. The van der Waals surface area contributed by atoms with Crippen LogP contribution < -0.4 is 5.73 Å². The molecular formula is C13H14N2O3S. The summed E-state index contributed by atoms with van der Waals surface area (Å²) < 4.78 is 0. The molecule has 0 aliphatic heterocycles. The number of amides is 1. The summed E-state index contributed by atoms with van der Waals surface area (Å²) >= 11 is 1.33. The minimum absolute atomic E-state index is 0.0136. The number of carbonyl (C=O) groups excluding carboxylic acids is 1. The zero-order valence-electron chi connectivity index (χ0n) is 10.3. The van der Waals surface area contributed by atoms with E-state index in [1.807, 2.05) is 6.92 Å². The highest BCUT2D eigenvalue weighted by atomic mass is 32.1. The van der Waals surface area contributed by atoms with E-state index in [1.54, 1.807) is 11.4 Å². The van der Waals surface area contributed by atoms with Crippen molar-refractivity contribution in [3.05, 3.63) is 28.6 Å². The Hall–Kier alpha value is -2.08. The zero-order chi connectivity index (χ0) is 14.0. The van der Waals surface area contributed by atoms with Gasteiger partial charge >= 0.3 is 0 Å². The number of rotatable bonds is 4. The van der Waals surface area contributed by atoms with Crippen molar-refractivity contribution in [1.29, 1.82) is 0 Å². The first-order valence-corrected chi connectivity index (χ1v) is 6.68. The second-order valence-corrected chi connectivity index (χ2v) is 5.03. The average molecular weight is 278 g/mol. The first-order chi connectivity index (χ1) is 9.02. The molecule has 1 amide bonds. The van der Waals surface area contributed by atoms with Gasteiger partial charge in [0.05, 0.1) is 11.6 Å². The van der Waals surface area contributed by atoms with E-state index >= 15 is 0 Å². The van der Waals surface area contributed by atoms with Gasteiger partial charge in [-0.1, -0.05) is 6.92 Å². The molecule has 6 heteroatoms. The maximum atomic E-state index is 11.3. The van der Waals surface area contributed by atoms with Crippen LogP contribution in [0, 0.1) is 0 Å². The normalized spacial score (nSPS) is 12.3.